The number of benzene rings is 2. The summed E-state index contributed by atoms with van der Waals surface area (Å²) >= 11 is 3.67. The van der Waals surface area contributed by atoms with Crippen molar-refractivity contribution in [1.29, 1.82) is 0 Å². The Balaban J connectivity index is 2.23. The molecule has 0 aliphatic carbocycles. The predicted octanol–water partition coefficient (Wildman–Crippen LogP) is 3.34. The molecule has 194 valence electrons. The summed E-state index contributed by atoms with van der Waals surface area (Å²) < 4.78 is 11.7. The van der Waals surface area contributed by atoms with Crippen LogP contribution in [-0.4, -0.2) is 48.0 Å². The van der Waals surface area contributed by atoms with Crippen LogP contribution >= 0.6 is 23.5 Å². The lowest BCUT2D eigenvalue weighted by Gasteiger charge is -2.11. The Hall–Kier alpha value is -2.84. The summed E-state index contributed by atoms with van der Waals surface area (Å²) in [6.07, 6.45) is 1.72. The number of carbonyl (C=O) groups excluding carboxylic acids is 2. The predicted molar refractivity (Wildman–Crippen MR) is 148 cm³/mol. The fourth-order valence-corrected chi connectivity index (χ4v) is 4.31. The van der Waals surface area contributed by atoms with Gasteiger partial charge in [-0.2, -0.15) is 23.5 Å². The van der Waals surface area contributed by atoms with Crippen LogP contribution in [0.3, 0.4) is 0 Å². The first kappa shape index (κ1) is 29.4. The molecule has 0 heterocycles. The average molecular weight is 531 g/mol. The van der Waals surface area contributed by atoms with Crippen molar-refractivity contribution < 1.29 is 19.1 Å². The largest absolute Gasteiger partial charge is 0.493 e. The number of thioether (sulfide) groups is 2. The summed E-state index contributed by atoms with van der Waals surface area (Å²) in [5, 5.41) is 0. The van der Waals surface area contributed by atoms with E-state index < -0.39 is 11.8 Å². The molecule has 2 aromatic rings. The molecular formula is C26H34N4O4S2. The van der Waals surface area contributed by atoms with E-state index in [1.54, 1.807) is 36.4 Å². The smallest absolute Gasteiger partial charge is 0.268 e. The quantitative estimate of drug-likeness (QED) is 0.0963. The van der Waals surface area contributed by atoms with Gasteiger partial charge in [-0.15, -0.1) is 0 Å². The van der Waals surface area contributed by atoms with Crippen molar-refractivity contribution in [2.45, 2.75) is 26.7 Å². The second-order valence-electron chi connectivity index (χ2n) is 7.42. The highest BCUT2D eigenvalue weighted by atomic mass is 32.2. The van der Waals surface area contributed by atoms with Crippen molar-refractivity contribution in [3.8, 4) is 23.3 Å². The number of nitrogens with one attached hydrogen (secondary N) is 2. The molecule has 0 radical (unpaired) electrons. The van der Waals surface area contributed by atoms with Crippen LogP contribution in [0.15, 0.2) is 36.4 Å². The first-order valence-corrected chi connectivity index (χ1v) is 14.1. The van der Waals surface area contributed by atoms with E-state index in [0.717, 1.165) is 35.9 Å². The molecule has 0 atom stereocenters. The molecule has 2 amide bonds. The molecule has 2 rings (SSSR count). The monoisotopic (exact) mass is 530 g/mol. The van der Waals surface area contributed by atoms with Crippen LogP contribution in [0.5, 0.6) is 11.5 Å². The van der Waals surface area contributed by atoms with E-state index in [9.17, 15) is 9.59 Å². The van der Waals surface area contributed by atoms with Gasteiger partial charge in [-0.25, -0.2) is 11.7 Å². The van der Waals surface area contributed by atoms with Gasteiger partial charge in [0.15, 0.2) is 0 Å². The van der Waals surface area contributed by atoms with Gasteiger partial charge in [-0.3, -0.25) is 20.4 Å². The van der Waals surface area contributed by atoms with Gasteiger partial charge in [0.05, 0.1) is 24.3 Å². The van der Waals surface area contributed by atoms with Gasteiger partial charge in [0.25, 0.3) is 11.8 Å². The van der Waals surface area contributed by atoms with E-state index in [2.05, 4.69) is 36.5 Å². The van der Waals surface area contributed by atoms with Gasteiger partial charge < -0.3 is 9.47 Å². The Kier molecular flexibility index (Phi) is 13.7. The fourth-order valence-electron chi connectivity index (χ4n) is 3.09. The molecule has 6 N–H and O–H groups in total. The highest BCUT2D eigenvalue weighted by Gasteiger charge is 2.13. The van der Waals surface area contributed by atoms with Crippen LogP contribution in [-0.2, 0) is 0 Å². The van der Waals surface area contributed by atoms with Crippen molar-refractivity contribution in [2.24, 2.45) is 11.7 Å². The first-order valence-electron chi connectivity index (χ1n) is 11.8. The molecule has 0 fully saturated rings. The van der Waals surface area contributed by atoms with Gasteiger partial charge >= 0.3 is 0 Å². The van der Waals surface area contributed by atoms with Crippen LogP contribution < -0.4 is 32.0 Å². The number of hydrogen-bond acceptors (Lipinski definition) is 8. The summed E-state index contributed by atoms with van der Waals surface area (Å²) in [4.78, 5) is 24.3. The number of carbonyl (C=O) groups is 2. The summed E-state index contributed by atoms with van der Waals surface area (Å²) in [7, 11) is 0. The Bertz CT molecular complexity index is 988. The molecule has 10 heteroatoms. The molecular weight excluding hydrogens is 496 g/mol. The lowest BCUT2D eigenvalue weighted by molar-refractivity contribution is 0.0941. The number of hydrogen-bond donors (Lipinski definition) is 4. The molecule has 2 aromatic carbocycles. The zero-order chi connectivity index (χ0) is 26.2. The summed E-state index contributed by atoms with van der Waals surface area (Å²) in [5.41, 5.74) is 6.33. The van der Waals surface area contributed by atoms with E-state index in [1.807, 2.05) is 23.5 Å². The van der Waals surface area contributed by atoms with Gasteiger partial charge in [0.1, 0.15) is 11.5 Å². The van der Waals surface area contributed by atoms with Crippen LogP contribution in [0.1, 0.15) is 58.5 Å². The van der Waals surface area contributed by atoms with Gasteiger partial charge in [-0.05, 0) is 72.3 Å². The summed E-state index contributed by atoms with van der Waals surface area (Å²) in [6.45, 7) is 5.19. The molecule has 0 spiro atoms. The number of nitrogens with two attached hydrogens (primary N) is 2. The summed E-state index contributed by atoms with van der Waals surface area (Å²) in [6, 6.07) is 10.2. The highest BCUT2D eigenvalue weighted by molar-refractivity contribution is 7.99. The normalized spacial score (nSPS) is 10.2. The maximum atomic E-state index is 12.1. The van der Waals surface area contributed by atoms with Crippen molar-refractivity contribution in [1.82, 2.24) is 10.9 Å². The van der Waals surface area contributed by atoms with E-state index in [0.29, 0.717) is 47.0 Å². The maximum Gasteiger partial charge on any atom is 0.268 e. The minimum absolute atomic E-state index is 0.347. The van der Waals surface area contributed by atoms with Crippen LogP contribution in [0.25, 0.3) is 0 Å². The van der Waals surface area contributed by atoms with E-state index in [4.69, 9.17) is 21.2 Å². The maximum absolute atomic E-state index is 12.1. The molecule has 0 bridgehead atoms. The number of hydrazine groups is 2. The van der Waals surface area contributed by atoms with E-state index in [1.165, 1.54) is 0 Å². The molecule has 0 aliphatic rings. The minimum Gasteiger partial charge on any atom is -0.493 e. The average Bonchev–Trinajstić information content (AvgIpc) is 2.91. The standard InChI is InChI=1S/C26H34N4O4S2/c1-3-35-15-5-13-33-23-17-19(9-11-21(23)25(31)29-27)7-8-20-10-12-22(26(32)30-28)24(18-20)34-14-6-16-36-4-2/h9-12,17-18H,3-6,13-16,27-28H2,1-2H3,(H,29,31)(H,30,32). The third-order valence-electron chi connectivity index (χ3n) is 4.86. The first-order chi connectivity index (χ1) is 17.5. The van der Waals surface area contributed by atoms with E-state index in [-0.39, 0.29) is 0 Å². The summed E-state index contributed by atoms with van der Waals surface area (Å²) in [5.74, 6) is 20.9. The van der Waals surface area contributed by atoms with Crippen molar-refractivity contribution in [3.05, 3.63) is 58.7 Å². The van der Waals surface area contributed by atoms with E-state index >= 15 is 0 Å². The number of ether oxygens (including phenoxy) is 2. The molecule has 36 heavy (non-hydrogen) atoms. The Labute approximate surface area is 221 Å². The number of rotatable bonds is 14. The highest BCUT2D eigenvalue weighted by Crippen LogP contribution is 2.23. The molecule has 0 saturated heterocycles. The zero-order valence-electron chi connectivity index (χ0n) is 20.7. The molecule has 0 aliphatic heterocycles. The van der Waals surface area contributed by atoms with Gasteiger partial charge in [0, 0.05) is 11.1 Å². The number of nitrogen functional groups attached to an aromatic ring is 2. The minimum atomic E-state index is -0.430. The Morgan fingerprint density at radius 1 is 0.778 bits per heavy atom. The second kappa shape index (κ2) is 16.8. The Morgan fingerprint density at radius 2 is 1.19 bits per heavy atom. The third kappa shape index (κ3) is 9.66. The second-order valence-corrected chi connectivity index (χ2v) is 10.2. The van der Waals surface area contributed by atoms with Crippen LogP contribution in [0.2, 0.25) is 0 Å². The van der Waals surface area contributed by atoms with Gasteiger partial charge in [-0.1, -0.05) is 25.7 Å². The van der Waals surface area contributed by atoms with Gasteiger partial charge in [0.2, 0.25) is 0 Å². The fraction of sp³-hybridized carbons (Fsp3) is 0.385. The molecule has 0 saturated carbocycles. The third-order valence-corrected chi connectivity index (χ3v) is 6.83. The molecule has 8 nitrogen and oxygen atoms in total. The SMILES string of the molecule is CCSCCCOc1cc(C#Cc2ccc(C(=O)NN)c(OCCCSCC)c2)ccc1C(=O)NN. The van der Waals surface area contributed by atoms with Crippen LogP contribution in [0, 0.1) is 11.8 Å². The number of amides is 2. The van der Waals surface area contributed by atoms with Crippen LogP contribution in [0.4, 0.5) is 0 Å². The topological polar surface area (TPSA) is 129 Å². The zero-order valence-corrected chi connectivity index (χ0v) is 22.4. The Morgan fingerprint density at radius 3 is 1.56 bits per heavy atom. The molecule has 0 unspecified atom stereocenters. The lowest BCUT2D eigenvalue weighted by Crippen LogP contribution is -2.30. The van der Waals surface area contributed by atoms with Crippen molar-refractivity contribution in [3.63, 3.8) is 0 Å². The van der Waals surface area contributed by atoms with Crippen molar-refractivity contribution >= 4 is 35.3 Å². The molecule has 0 aromatic heterocycles. The van der Waals surface area contributed by atoms with Crippen molar-refractivity contribution in [2.75, 3.05) is 36.2 Å². The lowest BCUT2D eigenvalue weighted by atomic mass is 10.1.